The molecule has 3 rings (SSSR count). The normalized spacial score (nSPS) is 13.9. The van der Waals surface area contributed by atoms with E-state index in [2.05, 4.69) is 5.32 Å². The number of piperazine rings is 1. The van der Waals surface area contributed by atoms with Gasteiger partial charge in [0.25, 0.3) is 11.8 Å². The highest BCUT2D eigenvalue weighted by atomic mass is 35.5. The number of benzene rings is 2. The number of hydrogen-bond donors (Lipinski definition) is 2. The smallest absolute Gasteiger partial charge is 0.255 e. The van der Waals surface area contributed by atoms with Crippen molar-refractivity contribution < 1.29 is 23.9 Å². The molecule has 182 valence electrons. The van der Waals surface area contributed by atoms with Gasteiger partial charge in [0.2, 0.25) is 5.91 Å². The summed E-state index contributed by atoms with van der Waals surface area (Å²) in [6.45, 7) is 4.02. The fraction of sp³-hybridized carbons (Fsp3) is 0.375. The molecule has 3 N–H and O–H groups in total. The summed E-state index contributed by atoms with van der Waals surface area (Å²) in [6.07, 6.45) is 0.838. The maximum atomic E-state index is 13.0. The molecule has 2 aromatic rings. The zero-order chi connectivity index (χ0) is 24.7. The molecular formula is C24H29ClN4O5. The molecule has 0 aliphatic carbocycles. The molecule has 10 heteroatoms. The van der Waals surface area contributed by atoms with Gasteiger partial charge in [-0.25, -0.2) is 0 Å². The second kappa shape index (κ2) is 11.7. The zero-order valence-corrected chi connectivity index (χ0v) is 20.1. The van der Waals surface area contributed by atoms with Crippen molar-refractivity contribution in [2.24, 2.45) is 5.73 Å². The molecule has 3 amide bonds. The van der Waals surface area contributed by atoms with E-state index in [4.69, 9.17) is 26.8 Å². The van der Waals surface area contributed by atoms with Gasteiger partial charge in [0, 0.05) is 37.4 Å². The predicted octanol–water partition coefficient (Wildman–Crippen LogP) is 2.17. The molecule has 0 atom stereocenters. The number of hydrogen-bond acceptors (Lipinski definition) is 6. The van der Waals surface area contributed by atoms with Gasteiger partial charge < -0.3 is 25.4 Å². The van der Waals surface area contributed by atoms with Gasteiger partial charge in [0.1, 0.15) is 0 Å². The lowest BCUT2D eigenvalue weighted by molar-refractivity contribution is -0.120. The highest BCUT2D eigenvalue weighted by Crippen LogP contribution is 2.36. The Kier molecular flexibility index (Phi) is 8.72. The Morgan fingerprint density at radius 3 is 2.47 bits per heavy atom. The van der Waals surface area contributed by atoms with Crippen LogP contribution in [0.25, 0.3) is 0 Å². The number of halogens is 1. The van der Waals surface area contributed by atoms with Crippen molar-refractivity contribution in [3.63, 3.8) is 0 Å². The fourth-order valence-electron chi connectivity index (χ4n) is 3.76. The number of nitrogens with zero attached hydrogens (tertiary/aromatic N) is 2. The van der Waals surface area contributed by atoms with E-state index in [9.17, 15) is 14.4 Å². The van der Waals surface area contributed by atoms with Crippen molar-refractivity contribution in [3.8, 4) is 11.5 Å². The Balaban J connectivity index is 1.57. The van der Waals surface area contributed by atoms with E-state index < -0.39 is 5.91 Å². The molecule has 0 radical (unpaired) electrons. The second-order valence-electron chi connectivity index (χ2n) is 7.87. The first-order valence-electron chi connectivity index (χ1n) is 11.0. The molecule has 34 heavy (non-hydrogen) atoms. The van der Waals surface area contributed by atoms with Crippen LogP contribution in [0.3, 0.4) is 0 Å². The minimum absolute atomic E-state index is 0.0799. The number of nitrogens with two attached hydrogens (primary N) is 1. The lowest BCUT2D eigenvalue weighted by Gasteiger charge is -2.34. The van der Waals surface area contributed by atoms with Gasteiger partial charge in [0.15, 0.2) is 18.1 Å². The van der Waals surface area contributed by atoms with Crippen molar-refractivity contribution >= 4 is 35.0 Å². The predicted molar refractivity (Wildman–Crippen MR) is 129 cm³/mol. The van der Waals surface area contributed by atoms with Gasteiger partial charge in [-0.3, -0.25) is 19.3 Å². The van der Waals surface area contributed by atoms with Crippen LogP contribution in [-0.2, 0) is 16.0 Å². The number of amides is 3. The van der Waals surface area contributed by atoms with Crippen LogP contribution < -0.4 is 20.5 Å². The second-order valence-corrected chi connectivity index (χ2v) is 8.28. The van der Waals surface area contributed by atoms with Crippen LogP contribution in [0.1, 0.15) is 22.8 Å². The van der Waals surface area contributed by atoms with E-state index in [-0.39, 0.29) is 41.5 Å². The number of primary amides is 1. The van der Waals surface area contributed by atoms with Crippen molar-refractivity contribution in [1.29, 1.82) is 0 Å². The van der Waals surface area contributed by atoms with Crippen molar-refractivity contribution in [3.05, 3.63) is 52.5 Å². The Hall–Kier alpha value is -3.30. The summed E-state index contributed by atoms with van der Waals surface area (Å²) in [5, 5.41) is 3.12. The molecule has 0 aromatic heterocycles. The molecular weight excluding hydrogens is 460 g/mol. The molecule has 0 spiro atoms. The SMILES string of the molecule is CCc1ccccc1NC(=O)CN1CCN(C(=O)c2cc(Cl)c(OCC(N)=O)c(OC)c2)CC1. The van der Waals surface area contributed by atoms with Crippen LogP contribution in [0.5, 0.6) is 11.5 Å². The van der Waals surface area contributed by atoms with Crippen LogP contribution in [0.2, 0.25) is 5.02 Å². The molecule has 0 unspecified atom stereocenters. The third kappa shape index (κ3) is 6.39. The van der Waals surface area contributed by atoms with Crippen molar-refractivity contribution in [2.45, 2.75) is 13.3 Å². The highest BCUT2D eigenvalue weighted by molar-refractivity contribution is 6.32. The van der Waals surface area contributed by atoms with Gasteiger partial charge in [-0.05, 0) is 30.2 Å². The van der Waals surface area contributed by atoms with Gasteiger partial charge in [-0.15, -0.1) is 0 Å². The lowest BCUT2D eigenvalue weighted by atomic mass is 10.1. The Morgan fingerprint density at radius 1 is 1.12 bits per heavy atom. The van der Waals surface area contributed by atoms with Crippen LogP contribution in [0.4, 0.5) is 5.69 Å². The van der Waals surface area contributed by atoms with E-state index in [1.807, 2.05) is 36.1 Å². The zero-order valence-electron chi connectivity index (χ0n) is 19.3. The van der Waals surface area contributed by atoms with E-state index in [0.29, 0.717) is 31.7 Å². The standard InChI is InChI=1S/C24H29ClN4O5/c1-3-16-6-4-5-7-19(16)27-22(31)14-28-8-10-29(11-9-28)24(32)17-12-18(25)23(20(13-17)33-2)34-15-21(26)30/h4-7,12-13H,3,8-11,14-15H2,1-2H3,(H2,26,30)(H,27,31). The quantitative estimate of drug-likeness (QED) is 0.559. The number of para-hydroxylation sites is 1. The molecule has 9 nitrogen and oxygen atoms in total. The topological polar surface area (TPSA) is 114 Å². The van der Waals surface area contributed by atoms with Gasteiger partial charge in [0.05, 0.1) is 18.7 Å². The minimum atomic E-state index is -0.653. The number of rotatable bonds is 9. The molecule has 1 heterocycles. The number of nitrogens with one attached hydrogen (secondary N) is 1. The van der Waals surface area contributed by atoms with Crippen LogP contribution >= 0.6 is 11.6 Å². The summed E-state index contributed by atoms with van der Waals surface area (Å²) < 4.78 is 10.6. The fourth-order valence-corrected chi connectivity index (χ4v) is 4.03. The number of carbonyl (C=O) groups excluding carboxylic acids is 3. The average molecular weight is 489 g/mol. The Morgan fingerprint density at radius 2 is 1.82 bits per heavy atom. The van der Waals surface area contributed by atoms with E-state index in [0.717, 1.165) is 17.7 Å². The number of ether oxygens (including phenoxy) is 2. The van der Waals surface area contributed by atoms with Gasteiger partial charge >= 0.3 is 0 Å². The summed E-state index contributed by atoms with van der Waals surface area (Å²) >= 11 is 6.27. The number of anilines is 1. The largest absolute Gasteiger partial charge is 0.493 e. The average Bonchev–Trinajstić information content (AvgIpc) is 2.83. The van der Waals surface area contributed by atoms with Crippen LogP contribution in [0, 0.1) is 0 Å². The van der Waals surface area contributed by atoms with Crippen LogP contribution in [-0.4, -0.2) is 74.0 Å². The Bertz CT molecular complexity index is 1050. The molecule has 1 aliphatic heterocycles. The number of methoxy groups -OCH3 is 1. The molecule has 1 fully saturated rings. The number of carbonyl (C=O) groups is 3. The first kappa shape index (κ1) is 25.3. The van der Waals surface area contributed by atoms with Crippen LogP contribution in [0.15, 0.2) is 36.4 Å². The summed E-state index contributed by atoms with van der Waals surface area (Å²) in [6, 6.07) is 10.8. The van der Waals surface area contributed by atoms with E-state index in [1.165, 1.54) is 19.2 Å². The summed E-state index contributed by atoms with van der Waals surface area (Å²) in [5.41, 5.74) is 7.38. The summed E-state index contributed by atoms with van der Waals surface area (Å²) in [5.74, 6) is -0.550. The van der Waals surface area contributed by atoms with E-state index >= 15 is 0 Å². The van der Waals surface area contributed by atoms with Crippen molar-refractivity contribution in [1.82, 2.24) is 9.80 Å². The first-order chi connectivity index (χ1) is 16.3. The maximum absolute atomic E-state index is 13.0. The van der Waals surface area contributed by atoms with E-state index in [1.54, 1.807) is 4.90 Å². The minimum Gasteiger partial charge on any atom is -0.493 e. The lowest BCUT2D eigenvalue weighted by Crippen LogP contribution is -2.50. The Labute approximate surface area is 203 Å². The third-order valence-corrected chi connectivity index (χ3v) is 5.81. The first-order valence-corrected chi connectivity index (χ1v) is 11.4. The van der Waals surface area contributed by atoms with Gasteiger partial charge in [-0.2, -0.15) is 0 Å². The molecule has 1 aliphatic rings. The maximum Gasteiger partial charge on any atom is 0.255 e. The van der Waals surface area contributed by atoms with Gasteiger partial charge in [-0.1, -0.05) is 36.7 Å². The summed E-state index contributed by atoms with van der Waals surface area (Å²) in [7, 11) is 1.42. The number of aryl methyl sites for hydroxylation is 1. The molecule has 1 saturated heterocycles. The highest BCUT2D eigenvalue weighted by Gasteiger charge is 2.25. The monoisotopic (exact) mass is 488 g/mol. The van der Waals surface area contributed by atoms with Crippen molar-refractivity contribution in [2.75, 3.05) is 51.8 Å². The molecule has 0 bridgehead atoms. The third-order valence-electron chi connectivity index (χ3n) is 5.53. The molecule has 0 saturated carbocycles. The summed E-state index contributed by atoms with van der Waals surface area (Å²) in [4.78, 5) is 40.3. The molecule has 2 aromatic carbocycles.